The number of hydrogen-bond donors (Lipinski definition) is 1. The van der Waals surface area contributed by atoms with Crippen molar-refractivity contribution in [2.45, 2.75) is 58.2 Å². The normalized spacial score (nSPS) is 21.9. The van der Waals surface area contributed by atoms with Crippen LogP contribution in [0.3, 0.4) is 0 Å². The Labute approximate surface area is 122 Å². The van der Waals surface area contributed by atoms with E-state index < -0.39 is 0 Å². The Kier molecular flexibility index (Phi) is 5.99. The number of hydrogen-bond acceptors (Lipinski definition) is 2. The fourth-order valence-corrected chi connectivity index (χ4v) is 3.13. The van der Waals surface area contributed by atoms with Gasteiger partial charge in [0.2, 0.25) is 0 Å². The summed E-state index contributed by atoms with van der Waals surface area (Å²) < 4.78 is 13.8. The molecule has 0 bridgehead atoms. The number of piperidine rings is 1. The van der Waals surface area contributed by atoms with Gasteiger partial charge < -0.3 is 5.32 Å². The Bertz CT molecular complexity index is 408. The molecule has 1 aliphatic heterocycles. The minimum Gasteiger partial charge on any atom is -0.313 e. The molecular formula is C17H27FN2. The lowest BCUT2D eigenvalue weighted by Crippen LogP contribution is -2.50. The molecule has 0 aliphatic carbocycles. The zero-order valence-corrected chi connectivity index (χ0v) is 12.7. The summed E-state index contributed by atoms with van der Waals surface area (Å²) in [4.78, 5) is 2.45. The lowest BCUT2D eigenvalue weighted by Gasteiger charge is -2.39. The van der Waals surface area contributed by atoms with Crippen LogP contribution >= 0.6 is 0 Å². The van der Waals surface area contributed by atoms with Crippen molar-refractivity contribution in [2.75, 3.05) is 13.1 Å². The third-order valence-electron chi connectivity index (χ3n) is 4.29. The highest BCUT2D eigenvalue weighted by atomic mass is 19.1. The molecule has 1 N–H and O–H groups in total. The standard InChI is InChI=1S/C17H27FN2/c1-3-11-19-14(2)17-10-6-7-12-20(17)13-15-8-4-5-9-16(15)18/h4-5,8-9,14,17,19H,3,6-7,10-13H2,1-2H3. The van der Waals surface area contributed by atoms with E-state index in [0.717, 1.165) is 31.6 Å². The number of halogens is 1. The van der Waals surface area contributed by atoms with Crippen molar-refractivity contribution in [3.05, 3.63) is 35.6 Å². The Balaban J connectivity index is 2.01. The zero-order valence-electron chi connectivity index (χ0n) is 12.7. The van der Waals surface area contributed by atoms with E-state index in [0.29, 0.717) is 12.1 Å². The molecule has 0 aromatic heterocycles. The first-order chi connectivity index (χ1) is 9.72. The summed E-state index contributed by atoms with van der Waals surface area (Å²) in [5.74, 6) is -0.0778. The van der Waals surface area contributed by atoms with Gasteiger partial charge in [-0.15, -0.1) is 0 Å². The summed E-state index contributed by atoms with van der Waals surface area (Å²) in [5, 5.41) is 3.60. The van der Waals surface area contributed by atoms with Crippen molar-refractivity contribution in [1.29, 1.82) is 0 Å². The van der Waals surface area contributed by atoms with E-state index >= 15 is 0 Å². The summed E-state index contributed by atoms with van der Waals surface area (Å²) in [5.41, 5.74) is 0.821. The van der Waals surface area contributed by atoms with Gasteiger partial charge in [-0.1, -0.05) is 31.5 Å². The first-order valence-corrected chi connectivity index (χ1v) is 7.93. The van der Waals surface area contributed by atoms with Gasteiger partial charge in [-0.05, 0) is 45.3 Å². The van der Waals surface area contributed by atoms with E-state index in [-0.39, 0.29) is 5.82 Å². The van der Waals surface area contributed by atoms with Crippen molar-refractivity contribution in [1.82, 2.24) is 10.2 Å². The highest BCUT2D eigenvalue weighted by molar-refractivity contribution is 5.17. The first kappa shape index (κ1) is 15.5. The summed E-state index contributed by atoms with van der Waals surface area (Å²) in [6, 6.07) is 8.16. The number of rotatable bonds is 6. The van der Waals surface area contributed by atoms with Gasteiger partial charge in [-0.25, -0.2) is 4.39 Å². The quantitative estimate of drug-likeness (QED) is 0.856. The molecular weight excluding hydrogens is 251 g/mol. The van der Waals surface area contributed by atoms with E-state index in [9.17, 15) is 4.39 Å². The second-order valence-electron chi connectivity index (χ2n) is 5.87. The minimum absolute atomic E-state index is 0.0778. The van der Waals surface area contributed by atoms with Gasteiger partial charge in [0, 0.05) is 24.2 Å². The van der Waals surface area contributed by atoms with Gasteiger partial charge in [0.05, 0.1) is 0 Å². The van der Waals surface area contributed by atoms with Crippen LogP contribution in [0.15, 0.2) is 24.3 Å². The second-order valence-corrected chi connectivity index (χ2v) is 5.87. The third-order valence-corrected chi connectivity index (χ3v) is 4.29. The van der Waals surface area contributed by atoms with E-state index in [2.05, 4.69) is 24.1 Å². The van der Waals surface area contributed by atoms with Crippen LogP contribution in [0.25, 0.3) is 0 Å². The average Bonchev–Trinajstić information content (AvgIpc) is 2.48. The molecule has 1 aromatic carbocycles. The maximum Gasteiger partial charge on any atom is 0.127 e. The van der Waals surface area contributed by atoms with Gasteiger partial charge in [0.15, 0.2) is 0 Å². The Morgan fingerprint density at radius 2 is 2.15 bits per heavy atom. The predicted molar refractivity (Wildman–Crippen MR) is 82.2 cm³/mol. The van der Waals surface area contributed by atoms with Crippen molar-refractivity contribution in [3.63, 3.8) is 0 Å². The molecule has 20 heavy (non-hydrogen) atoms. The zero-order chi connectivity index (χ0) is 14.4. The van der Waals surface area contributed by atoms with Gasteiger partial charge in [0.1, 0.15) is 5.82 Å². The van der Waals surface area contributed by atoms with E-state index in [4.69, 9.17) is 0 Å². The van der Waals surface area contributed by atoms with Gasteiger partial charge in [-0.3, -0.25) is 4.90 Å². The molecule has 1 aliphatic rings. The highest BCUT2D eigenvalue weighted by Crippen LogP contribution is 2.23. The van der Waals surface area contributed by atoms with Gasteiger partial charge in [0.25, 0.3) is 0 Å². The van der Waals surface area contributed by atoms with Crippen LogP contribution in [0.4, 0.5) is 4.39 Å². The van der Waals surface area contributed by atoms with Gasteiger partial charge >= 0.3 is 0 Å². The van der Waals surface area contributed by atoms with Crippen molar-refractivity contribution in [2.24, 2.45) is 0 Å². The number of nitrogens with zero attached hydrogens (tertiary/aromatic N) is 1. The Morgan fingerprint density at radius 1 is 1.35 bits per heavy atom. The van der Waals surface area contributed by atoms with Gasteiger partial charge in [-0.2, -0.15) is 0 Å². The molecule has 2 unspecified atom stereocenters. The van der Waals surface area contributed by atoms with E-state index in [1.807, 2.05) is 12.1 Å². The van der Waals surface area contributed by atoms with Crippen LogP contribution in [0.5, 0.6) is 0 Å². The highest BCUT2D eigenvalue weighted by Gasteiger charge is 2.27. The van der Waals surface area contributed by atoms with Crippen LogP contribution < -0.4 is 5.32 Å². The first-order valence-electron chi connectivity index (χ1n) is 7.93. The van der Waals surface area contributed by atoms with Crippen molar-refractivity contribution in [3.8, 4) is 0 Å². The molecule has 1 fully saturated rings. The van der Waals surface area contributed by atoms with Crippen LogP contribution in [-0.4, -0.2) is 30.1 Å². The molecule has 0 saturated carbocycles. The smallest absolute Gasteiger partial charge is 0.127 e. The minimum atomic E-state index is -0.0778. The number of nitrogens with one attached hydrogen (secondary N) is 1. The molecule has 0 amide bonds. The molecule has 0 radical (unpaired) electrons. The molecule has 112 valence electrons. The number of likely N-dealkylation sites (tertiary alicyclic amines) is 1. The third kappa shape index (κ3) is 4.03. The van der Waals surface area contributed by atoms with Crippen LogP contribution in [0, 0.1) is 5.82 Å². The second kappa shape index (κ2) is 7.75. The summed E-state index contributed by atoms with van der Waals surface area (Å²) in [6.07, 6.45) is 4.89. The van der Waals surface area contributed by atoms with E-state index in [1.54, 1.807) is 12.1 Å². The largest absolute Gasteiger partial charge is 0.313 e. The summed E-state index contributed by atoms with van der Waals surface area (Å²) >= 11 is 0. The fourth-order valence-electron chi connectivity index (χ4n) is 3.13. The molecule has 3 heteroatoms. The Hall–Kier alpha value is -0.930. The summed E-state index contributed by atoms with van der Waals surface area (Å²) in [6.45, 7) is 7.33. The topological polar surface area (TPSA) is 15.3 Å². The van der Waals surface area contributed by atoms with Crippen molar-refractivity contribution < 1.29 is 4.39 Å². The number of benzene rings is 1. The van der Waals surface area contributed by atoms with Crippen LogP contribution in [0.1, 0.15) is 45.1 Å². The Morgan fingerprint density at radius 3 is 2.90 bits per heavy atom. The van der Waals surface area contributed by atoms with Crippen molar-refractivity contribution >= 4 is 0 Å². The molecule has 1 aromatic rings. The molecule has 0 spiro atoms. The fraction of sp³-hybridized carbons (Fsp3) is 0.647. The van der Waals surface area contributed by atoms with Crippen LogP contribution in [0.2, 0.25) is 0 Å². The molecule has 2 nitrogen and oxygen atoms in total. The maximum atomic E-state index is 13.8. The van der Waals surface area contributed by atoms with E-state index in [1.165, 1.54) is 19.3 Å². The maximum absolute atomic E-state index is 13.8. The monoisotopic (exact) mass is 278 g/mol. The molecule has 2 rings (SSSR count). The SMILES string of the molecule is CCCNC(C)C1CCCCN1Cc1ccccc1F. The predicted octanol–water partition coefficient (Wildman–Crippen LogP) is 3.57. The van der Waals surface area contributed by atoms with Crippen LogP contribution in [-0.2, 0) is 6.54 Å². The molecule has 1 heterocycles. The molecule has 2 atom stereocenters. The average molecular weight is 278 g/mol. The summed E-state index contributed by atoms with van der Waals surface area (Å²) in [7, 11) is 0. The molecule has 1 saturated heterocycles. The lowest BCUT2D eigenvalue weighted by molar-refractivity contribution is 0.110. The lowest BCUT2D eigenvalue weighted by atomic mass is 9.95.